The SMILES string of the molecule is O=C(O)c1nc2cc(F)ccc2n1C1CC1. The highest BCUT2D eigenvalue weighted by molar-refractivity contribution is 5.90. The second-order valence-corrected chi connectivity index (χ2v) is 3.97. The van der Waals surface area contributed by atoms with Gasteiger partial charge in [0.2, 0.25) is 5.82 Å². The van der Waals surface area contributed by atoms with Crippen molar-refractivity contribution in [1.82, 2.24) is 9.55 Å². The Morgan fingerprint density at radius 3 is 2.88 bits per heavy atom. The molecule has 2 aromatic rings. The van der Waals surface area contributed by atoms with E-state index in [9.17, 15) is 9.18 Å². The molecule has 5 heteroatoms. The first-order valence-corrected chi connectivity index (χ1v) is 5.07. The number of hydrogen-bond donors (Lipinski definition) is 1. The molecule has 0 atom stereocenters. The lowest BCUT2D eigenvalue weighted by Gasteiger charge is -2.03. The minimum Gasteiger partial charge on any atom is -0.475 e. The van der Waals surface area contributed by atoms with Gasteiger partial charge in [0.05, 0.1) is 11.0 Å². The van der Waals surface area contributed by atoms with Crippen molar-refractivity contribution in [3.8, 4) is 0 Å². The number of carboxylic acids is 1. The lowest BCUT2D eigenvalue weighted by molar-refractivity contribution is 0.0678. The maximum Gasteiger partial charge on any atom is 0.372 e. The highest BCUT2D eigenvalue weighted by Crippen LogP contribution is 2.38. The third kappa shape index (κ3) is 1.28. The molecule has 1 fully saturated rings. The summed E-state index contributed by atoms with van der Waals surface area (Å²) in [5.41, 5.74) is 1.10. The topological polar surface area (TPSA) is 55.1 Å². The number of carbonyl (C=O) groups is 1. The number of imidazole rings is 1. The molecule has 16 heavy (non-hydrogen) atoms. The van der Waals surface area contributed by atoms with Crippen molar-refractivity contribution in [3.63, 3.8) is 0 Å². The first kappa shape index (κ1) is 9.33. The van der Waals surface area contributed by atoms with E-state index in [1.54, 1.807) is 10.6 Å². The summed E-state index contributed by atoms with van der Waals surface area (Å²) in [5.74, 6) is -1.46. The molecule has 1 heterocycles. The maximum atomic E-state index is 13.0. The van der Waals surface area contributed by atoms with Crippen molar-refractivity contribution >= 4 is 17.0 Å². The van der Waals surface area contributed by atoms with Gasteiger partial charge in [0.15, 0.2) is 0 Å². The monoisotopic (exact) mass is 220 g/mol. The van der Waals surface area contributed by atoms with E-state index in [0.717, 1.165) is 12.8 Å². The normalized spacial score (nSPS) is 15.6. The minimum absolute atomic E-state index is 0.00287. The van der Waals surface area contributed by atoms with Crippen molar-refractivity contribution < 1.29 is 14.3 Å². The van der Waals surface area contributed by atoms with Gasteiger partial charge in [-0.2, -0.15) is 0 Å². The van der Waals surface area contributed by atoms with E-state index < -0.39 is 11.8 Å². The fourth-order valence-corrected chi connectivity index (χ4v) is 1.93. The second-order valence-electron chi connectivity index (χ2n) is 3.97. The molecule has 3 rings (SSSR count). The summed E-state index contributed by atoms with van der Waals surface area (Å²) in [6.07, 6.45) is 1.92. The summed E-state index contributed by atoms with van der Waals surface area (Å²) in [6.45, 7) is 0. The Balaban J connectivity index is 2.32. The van der Waals surface area contributed by atoms with Crippen molar-refractivity contribution in [3.05, 3.63) is 29.8 Å². The Morgan fingerprint density at radius 2 is 2.25 bits per heavy atom. The number of benzene rings is 1. The molecule has 1 saturated carbocycles. The van der Waals surface area contributed by atoms with E-state index in [-0.39, 0.29) is 11.9 Å². The molecule has 0 unspecified atom stereocenters. The van der Waals surface area contributed by atoms with Gasteiger partial charge in [-0.15, -0.1) is 0 Å². The van der Waals surface area contributed by atoms with Crippen LogP contribution in [0.2, 0.25) is 0 Å². The highest BCUT2D eigenvalue weighted by atomic mass is 19.1. The van der Waals surface area contributed by atoms with E-state index in [1.165, 1.54) is 12.1 Å². The van der Waals surface area contributed by atoms with E-state index in [1.807, 2.05) is 0 Å². The molecule has 4 nitrogen and oxygen atoms in total. The zero-order valence-electron chi connectivity index (χ0n) is 8.35. The smallest absolute Gasteiger partial charge is 0.372 e. The molecule has 0 radical (unpaired) electrons. The zero-order valence-corrected chi connectivity index (χ0v) is 8.35. The zero-order chi connectivity index (χ0) is 11.3. The van der Waals surface area contributed by atoms with Crippen LogP contribution in [0.5, 0.6) is 0 Å². The molecule has 0 saturated heterocycles. The first-order valence-electron chi connectivity index (χ1n) is 5.07. The van der Waals surface area contributed by atoms with Gasteiger partial charge in [-0.05, 0) is 25.0 Å². The van der Waals surface area contributed by atoms with Gasteiger partial charge in [0.1, 0.15) is 5.82 Å². The van der Waals surface area contributed by atoms with Crippen LogP contribution in [0.1, 0.15) is 29.5 Å². The van der Waals surface area contributed by atoms with Gasteiger partial charge < -0.3 is 9.67 Å². The summed E-state index contributed by atoms with van der Waals surface area (Å²) in [5, 5.41) is 9.04. The quantitative estimate of drug-likeness (QED) is 0.844. The fraction of sp³-hybridized carbons (Fsp3) is 0.273. The van der Waals surface area contributed by atoms with Crippen molar-refractivity contribution in [2.45, 2.75) is 18.9 Å². The molecule has 1 aliphatic rings. The first-order chi connectivity index (χ1) is 7.66. The number of carboxylic acid groups (broad SMARTS) is 1. The average molecular weight is 220 g/mol. The largest absolute Gasteiger partial charge is 0.475 e. The Labute approximate surface area is 90.3 Å². The van der Waals surface area contributed by atoms with E-state index >= 15 is 0 Å². The Morgan fingerprint density at radius 1 is 1.50 bits per heavy atom. The van der Waals surface area contributed by atoms with Gasteiger partial charge in [0, 0.05) is 12.1 Å². The predicted octanol–water partition coefficient (Wildman–Crippen LogP) is 2.21. The molecule has 1 aliphatic carbocycles. The average Bonchev–Trinajstić information content (AvgIpc) is 2.99. The molecule has 0 spiro atoms. The van der Waals surface area contributed by atoms with Crippen LogP contribution in [0.15, 0.2) is 18.2 Å². The molecule has 0 aliphatic heterocycles. The summed E-state index contributed by atoms with van der Waals surface area (Å²) in [7, 11) is 0. The molecule has 1 aromatic carbocycles. The van der Waals surface area contributed by atoms with Gasteiger partial charge in [0.25, 0.3) is 0 Å². The molecular weight excluding hydrogens is 211 g/mol. The van der Waals surface area contributed by atoms with Crippen LogP contribution in [0.25, 0.3) is 11.0 Å². The molecular formula is C11H9FN2O2. The highest BCUT2D eigenvalue weighted by Gasteiger charge is 2.30. The van der Waals surface area contributed by atoms with Crippen molar-refractivity contribution in [1.29, 1.82) is 0 Å². The summed E-state index contributed by atoms with van der Waals surface area (Å²) < 4.78 is 14.7. The van der Waals surface area contributed by atoms with E-state index in [4.69, 9.17) is 5.11 Å². The summed E-state index contributed by atoms with van der Waals surface area (Å²) >= 11 is 0. The number of hydrogen-bond acceptors (Lipinski definition) is 2. The number of nitrogens with zero attached hydrogens (tertiary/aromatic N) is 2. The van der Waals surface area contributed by atoms with Crippen LogP contribution in [0.3, 0.4) is 0 Å². The fourth-order valence-electron chi connectivity index (χ4n) is 1.93. The molecule has 0 amide bonds. The molecule has 1 aromatic heterocycles. The van der Waals surface area contributed by atoms with Crippen molar-refractivity contribution in [2.24, 2.45) is 0 Å². The Kier molecular flexibility index (Phi) is 1.77. The van der Waals surface area contributed by atoms with Gasteiger partial charge in [-0.25, -0.2) is 14.2 Å². The van der Waals surface area contributed by atoms with Crippen LogP contribution in [-0.4, -0.2) is 20.6 Å². The molecule has 1 N–H and O–H groups in total. The van der Waals surface area contributed by atoms with Crippen LogP contribution in [-0.2, 0) is 0 Å². The van der Waals surface area contributed by atoms with E-state index in [2.05, 4.69) is 4.98 Å². The predicted molar refractivity (Wildman–Crippen MR) is 54.9 cm³/mol. The van der Waals surface area contributed by atoms with Gasteiger partial charge >= 0.3 is 5.97 Å². The summed E-state index contributed by atoms with van der Waals surface area (Å²) in [4.78, 5) is 15.0. The van der Waals surface area contributed by atoms with Gasteiger partial charge in [-0.3, -0.25) is 0 Å². The number of rotatable bonds is 2. The van der Waals surface area contributed by atoms with Crippen LogP contribution in [0, 0.1) is 5.82 Å². The third-order valence-corrected chi connectivity index (χ3v) is 2.75. The third-order valence-electron chi connectivity index (χ3n) is 2.75. The molecule has 0 bridgehead atoms. The minimum atomic E-state index is -1.07. The number of halogens is 1. The Bertz CT molecular complexity index is 587. The van der Waals surface area contributed by atoms with Crippen molar-refractivity contribution in [2.75, 3.05) is 0 Å². The van der Waals surface area contributed by atoms with Crippen LogP contribution in [0.4, 0.5) is 4.39 Å². The molecule has 82 valence electrons. The number of fused-ring (bicyclic) bond motifs is 1. The van der Waals surface area contributed by atoms with Crippen LogP contribution < -0.4 is 0 Å². The Hall–Kier alpha value is -1.91. The standard InChI is InChI=1S/C11H9FN2O2/c12-6-1-4-9-8(5-6)13-10(11(15)16)14(9)7-2-3-7/h1,4-5,7H,2-3H2,(H,15,16). The summed E-state index contributed by atoms with van der Waals surface area (Å²) in [6, 6.07) is 4.39. The lowest BCUT2D eigenvalue weighted by atomic mass is 10.3. The lowest BCUT2D eigenvalue weighted by Crippen LogP contribution is -2.08. The van der Waals surface area contributed by atoms with Crippen LogP contribution >= 0.6 is 0 Å². The van der Waals surface area contributed by atoms with Gasteiger partial charge in [-0.1, -0.05) is 0 Å². The van der Waals surface area contributed by atoms with E-state index in [0.29, 0.717) is 11.0 Å². The number of aromatic carboxylic acids is 1. The number of aromatic nitrogens is 2. The maximum absolute atomic E-state index is 13.0. The second kappa shape index (κ2) is 3.04.